The van der Waals surface area contributed by atoms with E-state index >= 15 is 0 Å². The molecule has 0 spiro atoms. The van der Waals surface area contributed by atoms with Gasteiger partial charge in [-0.1, -0.05) is 30.3 Å². The standard InChI is InChI=1S/C22H25FN2O3/c1-17-22(27)24(14-12-18-6-3-2-4-7-18)16-21(26)25(17)13-5-15-28-20-10-8-19(23)9-11-20/h2-4,6-11,17H,5,12-16H2,1H3/t17-/m1/s1. The lowest BCUT2D eigenvalue weighted by Crippen LogP contribution is -2.59. The van der Waals surface area contributed by atoms with Crippen LogP contribution >= 0.6 is 0 Å². The Kier molecular flexibility index (Phi) is 6.63. The Labute approximate surface area is 164 Å². The maximum Gasteiger partial charge on any atom is 0.245 e. The van der Waals surface area contributed by atoms with Gasteiger partial charge < -0.3 is 14.5 Å². The second-order valence-electron chi connectivity index (χ2n) is 6.91. The van der Waals surface area contributed by atoms with Crippen LogP contribution in [-0.2, 0) is 16.0 Å². The Morgan fingerprint density at radius 1 is 1.04 bits per heavy atom. The highest BCUT2D eigenvalue weighted by Crippen LogP contribution is 2.15. The third-order valence-electron chi connectivity index (χ3n) is 4.92. The van der Waals surface area contributed by atoms with Crippen molar-refractivity contribution in [2.75, 3.05) is 26.2 Å². The minimum absolute atomic E-state index is 0.0185. The van der Waals surface area contributed by atoms with Crippen molar-refractivity contribution in [2.24, 2.45) is 0 Å². The largest absolute Gasteiger partial charge is 0.494 e. The van der Waals surface area contributed by atoms with Crippen LogP contribution in [0, 0.1) is 5.82 Å². The van der Waals surface area contributed by atoms with E-state index in [4.69, 9.17) is 4.74 Å². The SMILES string of the molecule is C[C@@H]1C(=O)N(CCc2ccccc2)CC(=O)N1CCCOc1ccc(F)cc1. The lowest BCUT2D eigenvalue weighted by molar-refractivity contribution is -0.155. The molecule has 0 unspecified atom stereocenters. The van der Waals surface area contributed by atoms with Crippen molar-refractivity contribution in [1.29, 1.82) is 0 Å². The maximum atomic E-state index is 12.9. The Bertz CT molecular complexity index is 795. The molecule has 3 rings (SSSR count). The topological polar surface area (TPSA) is 49.9 Å². The zero-order valence-electron chi connectivity index (χ0n) is 16.0. The summed E-state index contributed by atoms with van der Waals surface area (Å²) in [5, 5.41) is 0. The molecule has 1 saturated heterocycles. The normalized spacial score (nSPS) is 17.1. The zero-order chi connectivity index (χ0) is 19.9. The first kappa shape index (κ1) is 19.9. The summed E-state index contributed by atoms with van der Waals surface area (Å²) in [5.41, 5.74) is 1.15. The number of carbonyl (C=O) groups is 2. The molecule has 1 aliphatic rings. The van der Waals surface area contributed by atoms with E-state index in [0.29, 0.717) is 31.9 Å². The van der Waals surface area contributed by atoms with Gasteiger partial charge in [-0.3, -0.25) is 9.59 Å². The fourth-order valence-corrected chi connectivity index (χ4v) is 3.32. The summed E-state index contributed by atoms with van der Waals surface area (Å²) < 4.78 is 18.4. The molecule has 0 N–H and O–H groups in total. The second-order valence-corrected chi connectivity index (χ2v) is 6.91. The van der Waals surface area contributed by atoms with Crippen LogP contribution < -0.4 is 4.74 Å². The highest BCUT2D eigenvalue weighted by Gasteiger charge is 2.35. The Hall–Kier alpha value is -2.89. The van der Waals surface area contributed by atoms with E-state index < -0.39 is 6.04 Å². The van der Waals surface area contributed by atoms with Gasteiger partial charge in [0.15, 0.2) is 0 Å². The summed E-state index contributed by atoms with van der Waals surface area (Å²) >= 11 is 0. The monoisotopic (exact) mass is 384 g/mol. The van der Waals surface area contributed by atoms with E-state index in [1.807, 2.05) is 30.3 Å². The molecule has 28 heavy (non-hydrogen) atoms. The Balaban J connectivity index is 1.45. The van der Waals surface area contributed by atoms with Crippen LogP contribution in [0.4, 0.5) is 4.39 Å². The highest BCUT2D eigenvalue weighted by molar-refractivity contribution is 5.94. The number of nitrogens with zero attached hydrogens (tertiary/aromatic N) is 2. The molecule has 0 saturated carbocycles. The molecule has 148 valence electrons. The number of benzene rings is 2. The Morgan fingerprint density at radius 3 is 2.46 bits per heavy atom. The summed E-state index contributed by atoms with van der Waals surface area (Å²) in [6.45, 7) is 3.29. The molecular weight excluding hydrogens is 359 g/mol. The number of rotatable bonds is 8. The highest BCUT2D eigenvalue weighted by atomic mass is 19.1. The van der Waals surface area contributed by atoms with Crippen molar-refractivity contribution >= 4 is 11.8 Å². The third kappa shape index (κ3) is 5.09. The van der Waals surface area contributed by atoms with Crippen LogP contribution in [0.2, 0.25) is 0 Å². The van der Waals surface area contributed by atoms with Crippen molar-refractivity contribution in [3.05, 3.63) is 66.0 Å². The van der Waals surface area contributed by atoms with Crippen LogP contribution in [0.3, 0.4) is 0 Å². The van der Waals surface area contributed by atoms with Gasteiger partial charge in [0.2, 0.25) is 11.8 Å². The number of carbonyl (C=O) groups excluding carboxylic acids is 2. The number of ether oxygens (including phenoxy) is 1. The zero-order valence-corrected chi connectivity index (χ0v) is 16.0. The second kappa shape index (κ2) is 9.35. The molecule has 0 bridgehead atoms. The van der Waals surface area contributed by atoms with Gasteiger partial charge in [0.1, 0.15) is 17.6 Å². The summed E-state index contributed by atoms with van der Waals surface area (Å²) in [7, 11) is 0. The summed E-state index contributed by atoms with van der Waals surface area (Å²) in [5.74, 6) is 0.218. The third-order valence-corrected chi connectivity index (χ3v) is 4.92. The minimum atomic E-state index is -0.470. The number of hydrogen-bond acceptors (Lipinski definition) is 3. The maximum absolute atomic E-state index is 12.9. The summed E-state index contributed by atoms with van der Waals surface area (Å²) in [6.07, 6.45) is 1.34. The van der Waals surface area contributed by atoms with E-state index in [-0.39, 0.29) is 24.2 Å². The molecule has 0 radical (unpaired) electrons. The fourth-order valence-electron chi connectivity index (χ4n) is 3.32. The fraction of sp³-hybridized carbons (Fsp3) is 0.364. The summed E-state index contributed by atoms with van der Waals surface area (Å²) in [6, 6.07) is 15.3. The first-order valence-electron chi connectivity index (χ1n) is 9.55. The van der Waals surface area contributed by atoms with Gasteiger partial charge in [0, 0.05) is 13.1 Å². The minimum Gasteiger partial charge on any atom is -0.494 e. The number of hydrogen-bond donors (Lipinski definition) is 0. The van der Waals surface area contributed by atoms with Gasteiger partial charge >= 0.3 is 0 Å². The van der Waals surface area contributed by atoms with Crippen molar-refractivity contribution < 1.29 is 18.7 Å². The van der Waals surface area contributed by atoms with E-state index in [9.17, 15) is 14.0 Å². The van der Waals surface area contributed by atoms with E-state index in [0.717, 1.165) is 12.0 Å². The van der Waals surface area contributed by atoms with Crippen molar-refractivity contribution in [3.8, 4) is 5.75 Å². The molecule has 6 heteroatoms. The van der Waals surface area contributed by atoms with E-state index in [1.54, 1.807) is 28.9 Å². The molecule has 1 heterocycles. The van der Waals surface area contributed by atoms with Crippen LogP contribution in [0.15, 0.2) is 54.6 Å². The van der Waals surface area contributed by atoms with Crippen LogP contribution in [0.5, 0.6) is 5.75 Å². The molecule has 0 aromatic heterocycles. The van der Waals surface area contributed by atoms with Gasteiger partial charge in [-0.2, -0.15) is 0 Å². The molecule has 1 fully saturated rings. The predicted octanol–water partition coefficient (Wildman–Crippen LogP) is 2.90. The average molecular weight is 384 g/mol. The molecule has 0 aliphatic carbocycles. The number of halogens is 1. The molecule has 1 aliphatic heterocycles. The lowest BCUT2D eigenvalue weighted by atomic mass is 10.1. The average Bonchev–Trinajstić information content (AvgIpc) is 2.71. The van der Waals surface area contributed by atoms with E-state index in [1.165, 1.54) is 12.1 Å². The van der Waals surface area contributed by atoms with Crippen molar-refractivity contribution in [2.45, 2.75) is 25.8 Å². The molecule has 2 aromatic carbocycles. The van der Waals surface area contributed by atoms with Gasteiger partial charge in [0.25, 0.3) is 0 Å². The van der Waals surface area contributed by atoms with Crippen molar-refractivity contribution in [3.63, 3.8) is 0 Å². The number of piperazine rings is 1. The first-order chi connectivity index (χ1) is 13.5. The van der Waals surface area contributed by atoms with Crippen LogP contribution in [-0.4, -0.2) is 53.9 Å². The number of amides is 2. The smallest absolute Gasteiger partial charge is 0.245 e. The molecule has 5 nitrogen and oxygen atoms in total. The van der Waals surface area contributed by atoms with Gasteiger partial charge in [-0.05, 0) is 49.6 Å². The van der Waals surface area contributed by atoms with Gasteiger partial charge in [-0.25, -0.2) is 4.39 Å². The Morgan fingerprint density at radius 2 is 1.75 bits per heavy atom. The quantitative estimate of drug-likeness (QED) is 0.658. The van der Waals surface area contributed by atoms with E-state index in [2.05, 4.69) is 0 Å². The molecule has 1 atom stereocenters. The van der Waals surface area contributed by atoms with Gasteiger partial charge in [-0.15, -0.1) is 0 Å². The summed E-state index contributed by atoms with van der Waals surface area (Å²) in [4.78, 5) is 28.4. The lowest BCUT2D eigenvalue weighted by Gasteiger charge is -2.38. The molecule has 2 amide bonds. The van der Waals surface area contributed by atoms with Crippen molar-refractivity contribution in [1.82, 2.24) is 9.80 Å². The first-order valence-corrected chi connectivity index (χ1v) is 9.55. The molecule has 2 aromatic rings. The molecular formula is C22H25FN2O3. The predicted molar refractivity (Wildman–Crippen MR) is 104 cm³/mol. The van der Waals surface area contributed by atoms with Crippen LogP contribution in [0.1, 0.15) is 18.9 Å². The van der Waals surface area contributed by atoms with Gasteiger partial charge in [0.05, 0.1) is 13.2 Å². The van der Waals surface area contributed by atoms with Crippen LogP contribution in [0.25, 0.3) is 0 Å².